The SMILES string of the molecule is CC(C(=O)O)N(C(=O)c1ccc(CNC(=O)c2cccs2)cc1)C1CC1. The lowest BCUT2D eigenvalue weighted by Crippen LogP contribution is -2.44. The Morgan fingerprint density at radius 3 is 2.46 bits per heavy atom. The fourth-order valence-corrected chi connectivity index (χ4v) is 3.36. The minimum Gasteiger partial charge on any atom is -0.480 e. The van der Waals surface area contributed by atoms with Crippen molar-refractivity contribution in [2.24, 2.45) is 0 Å². The fraction of sp³-hybridized carbons (Fsp3) is 0.316. The molecular formula is C19H20N2O4S. The molecule has 6 nitrogen and oxygen atoms in total. The van der Waals surface area contributed by atoms with E-state index in [4.69, 9.17) is 0 Å². The summed E-state index contributed by atoms with van der Waals surface area (Å²) in [5.74, 6) is -1.40. The number of carboxylic acids is 1. The molecule has 1 fully saturated rings. The maximum atomic E-state index is 12.7. The van der Waals surface area contributed by atoms with Gasteiger partial charge in [0.05, 0.1) is 4.88 Å². The second-order valence-corrected chi connectivity index (χ2v) is 7.26. The Balaban J connectivity index is 1.64. The predicted octanol–water partition coefficient (Wildman–Crippen LogP) is 2.76. The minimum atomic E-state index is -1.00. The molecule has 1 aromatic carbocycles. The van der Waals surface area contributed by atoms with Gasteiger partial charge in [0, 0.05) is 18.2 Å². The molecule has 7 heteroatoms. The lowest BCUT2D eigenvalue weighted by molar-refractivity contribution is -0.141. The summed E-state index contributed by atoms with van der Waals surface area (Å²) in [4.78, 5) is 38.0. The van der Waals surface area contributed by atoms with Gasteiger partial charge < -0.3 is 15.3 Å². The molecule has 1 aliphatic rings. The van der Waals surface area contributed by atoms with Crippen LogP contribution in [0.15, 0.2) is 41.8 Å². The quantitative estimate of drug-likeness (QED) is 0.782. The second kappa shape index (κ2) is 7.70. The van der Waals surface area contributed by atoms with Gasteiger partial charge in [-0.2, -0.15) is 0 Å². The first kappa shape index (κ1) is 18.1. The van der Waals surface area contributed by atoms with E-state index in [0.717, 1.165) is 18.4 Å². The van der Waals surface area contributed by atoms with Crippen LogP contribution in [-0.4, -0.2) is 39.9 Å². The van der Waals surface area contributed by atoms with Crippen molar-refractivity contribution >= 4 is 29.1 Å². The summed E-state index contributed by atoms with van der Waals surface area (Å²) in [5, 5.41) is 13.9. The first-order valence-corrected chi connectivity index (χ1v) is 9.31. The Morgan fingerprint density at radius 2 is 1.92 bits per heavy atom. The van der Waals surface area contributed by atoms with Gasteiger partial charge in [0.2, 0.25) is 0 Å². The number of nitrogens with one attached hydrogen (secondary N) is 1. The van der Waals surface area contributed by atoms with Gasteiger partial charge in [0.25, 0.3) is 11.8 Å². The third-order valence-corrected chi connectivity index (χ3v) is 5.22. The summed E-state index contributed by atoms with van der Waals surface area (Å²) < 4.78 is 0. The number of benzene rings is 1. The van der Waals surface area contributed by atoms with Crippen molar-refractivity contribution in [2.45, 2.75) is 38.4 Å². The van der Waals surface area contributed by atoms with Gasteiger partial charge in [-0.1, -0.05) is 18.2 Å². The van der Waals surface area contributed by atoms with E-state index in [1.165, 1.54) is 23.2 Å². The van der Waals surface area contributed by atoms with Crippen LogP contribution >= 0.6 is 11.3 Å². The molecule has 1 heterocycles. The van der Waals surface area contributed by atoms with Crippen molar-refractivity contribution in [3.63, 3.8) is 0 Å². The van der Waals surface area contributed by atoms with Crippen molar-refractivity contribution < 1.29 is 19.5 Å². The maximum absolute atomic E-state index is 12.7. The summed E-state index contributed by atoms with van der Waals surface area (Å²) in [5.41, 5.74) is 1.33. The molecule has 1 aliphatic carbocycles. The molecule has 1 atom stereocenters. The molecule has 2 amide bonds. The molecule has 1 aromatic heterocycles. The summed E-state index contributed by atoms with van der Waals surface area (Å²) in [6.07, 6.45) is 1.69. The van der Waals surface area contributed by atoms with E-state index >= 15 is 0 Å². The number of hydrogen-bond donors (Lipinski definition) is 2. The molecule has 2 N–H and O–H groups in total. The van der Waals surface area contributed by atoms with Crippen LogP contribution in [-0.2, 0) is 11.3 Å². The molecule has 1 unspecified atom stereocenters. The molecular weight excluding hydrogens is 352 g/mol. The Hall–Kier alpha value is -2.67. The van der Waals surface area contributed by atoms with Gasteiger partial charge in [-0.25, -0.2) is 4.79 Å². The first-order chi connectivity index (χ1) is 12.5. The van der Waals surface area contributed by atoms with Crippen molar-refractivity contribution in [2.75, 3.05) is 0 Å². The molecule has 26 heavy (non-hydrogen) atoms. The first-order valence-electron chi connectivity index (χ1n) is 8.43. The third-order valence-electron chi connectivity index (χ3n) is 4.35. The molecule has 0 spiro atoms. The number of thiophene rings is 1. The molecule has 136 valence electrons. The number of carboxylic acid groups (broad SMARTS) is 1. The summed E-state index contributed by atoms with van der Waals surface area (Å²) >= 11 is 1.38. The number of aliphatic carboxylic acids is 1. The number of nitrogens with zero attached hydrogens (tertiary/aromatic N) is 1. The zero-order valence-electron chi connectivity index (χ0n) is 14.3. The number of carbonyl (C=O) groups is 3. The average Bonchev–Trinajstić information content (AvgIpc) is 3.31. The number of carbonyl (C=O) groups excluding carboxylic acids is 2. The van der Waals surface area contributed by atoms with Gasteiger partial charge in [-0.3, -0.25) is 9.59 Å². The smallest absolute Gasteiger partial charge is 0.326 e. The van der Waals surface area contributed by atoms with Crippen LogP contribution in [0.5, 0.6) is 0 Å². The average molecular weight is 372 g/mol. The second-order valence-electron chi connectivity index (χ2n) is 6.31. The molecule has 1 saturated carbocycles. The molecule has 0 radical (unpaired) electrons. The largest absolute Gasteiger partial charge is 0.480 e. The van der Waals surface area contributed by atoms with Gasteiger partial charge in [0.15, 0.2) is 0 Å². The van der Waals surface area contributed by atoms with Crippen LogP contribution in [0.4, 0.5) is 0 Å². The van der Waals surface area contributed by atoms with Crippen LogP contribution in [0.1, 0.15) is 45.4 Å². The summed E-state index contributed by atoms with van der Waals surface area (Å²) in [6.45, 7) is 1.90. The highest BCUT2D eigenvalue weighted by Crippen LogP contribution is 2.30. The lowest BCUT2D eigenvalue weighted by atomic mass is 10.1. The van der Waals surface area contributed by atoms with Crippen LogP contribution < -0.4 is 5.32 Å². The van der Waals surface area contributed by atoms with Crippen molar-refractivity contribution in [1.82, 2.24) is 10.2 Å². The van der Waals surface area contributed by atoms with Crippen molar-refractivity contribution in [3.05, 3.63) is 57.8 Å². The fourth-order valence-electron chi connectivity index (χ4n) is 2.72. The standard InChI is InChI=1S/C19H20N2O4S/c1-12(19(24)25)21(15-8-9-15)18(23)14-6-4-13(5-7-14)11-20-17(22)16-3-2-10-26-16/h2-7,10,12,15H,8-9,11H2,1H3,(H,20,22)(H,24,25). The van der Waals surface area contributed by atoms with E-state index in [-0.39, 0.29) is 17.9 Å². The van der Waals surface area contributed by atoms with Crippen LogP contribution in [0.2, 0.25) is 0 Å². The normalized spacial score (nSPS) is 14.5. The highest BCUT2D eigenvalue weighted by molar-refractivity contribution is 7.12. The van der Waals surface area contributed by atoms with Crippen LogP contribution in [0.25, 0.3) is 0 Å². The minimum absolute atomic E-state index is 0.0124. The maximum Gasteiger partial charge on any atom is 0.326 e. The Kier molecular flexibility index (Phi) is 5.37. The highest BCUT2D eigenvalue weighted by Gasteiger charge is 2.38. The Bertz CT molecular complexity index is 797. The lowest BCUT2D eigenvalue weighted by Gasteiger charge is -2.26. The summed E-state index contributed by atoms with van der Waals surface area (Å²) in [6, 6.07) is 9.66. The number of hydrogen-bond acceptors (Lipinski definition) is 4. The van der Waals surface area contributed by atoms with E-state index in [0.29, 0.717) is 17.0 Å². The van der Waals surface area contributed by atoms with Crippen LogP contribution in [0.3, 0.4) is 0 Å². The van der Waals surface area contributed by atoms with Crippen molar-refractivity contribution in [1.29, 1.82) is 0 Å². The molecule has 2 aromatic rings. The zero-order chi connectivity index (χ0) is 18.7. The third kappa shape index (κ3) is 4.11. The molecule has 3 rings (SSSR count). The van der Waals surface area contributed by atoms with Crippen LogP contribution in [0, 0.1) is 0 Å². The topological polar surface area (TPSA) is 86.7 Å². The van der Waals surface area contributed by atoms with E-state index < -0.39 is 12.0 Å². The number of amides is 2. The van der Waals surface area contributed by atoms with E-state index in [1.54, 1.807) is 30.3 Å². The van der Waals surface area contributed by atoms with E-state index in [9.17, 15) is 19.5 Å². The monoisotopic (exact) mass is 372 g/mol. The van der Waals surface area contributed by atoms with Gasteiger partial charge >= 0.3 is 5.97 Å². The molecule has 0 saturated heterocycles. The zero-order valence-corrected chi connectivity index (χ0v) is 15.2. The molecule has 0 bridgehead atoms. The Morgan fingerprint density at radius 1 is 1.23 bits per heavy atom. The van der Waals surface area contributed by atoms with E-state index in [2.05, 4.69) is 5.32 Å². The van der Waals surface area contributed by atoms with Gasteiger partial charge in [-0.15, -0.1) is 11.3 Å². The number of rotatable bonds is 7. The van der Waals surface area contributed by atoms with Gasteiger partial charge in [0.1, 0.15) is 6.04 Å². The van der Waals surface area contributed by atoms with Crippen molar-refractivity contribution in [3.8, 4) is 0 Å². The van der Waals surface area contributed by atoms with Gasteiger partial charge in [-0.05, 0) is 48.9 Å². The predicted molar refractivity (Wildman–Crippen MR) is 98.2 cm³/mol. The highest BCUT2D eigenvalue weighted by atomic mass is 32.1. The summed E-state index contributed by atoms with van der Waals surface area (Å²) in [7, 11) is 0. The molecule has 0 aliphatic heterocycles. The Labute approximate surface area is 155 Å². The van der Waals surface area contributed by atoms with E-state index in [1.807, 2.05) is 11.4 Å².